The quantitative estimate of drug-likeness (QED) is 0.859. The molecule has 1 nitrogen and oxygen atoms in total. The summed E-state index contributed by atoms with van der Waals surface area (Å²) >= 11 is 5.85. The van der Waals surface area contributed by atoms with Crippen LogP contribution in [-0.2, 0) is 6.42 Å². The highest BCUT2D eigenvalue weighted by molar-refractivity contribution is 6.30. The summed E-state index contributed by atoms with van der Waals surface area (Å²) in [7, 11) is 0. The van der Waals surface area contributed by atoms with Gasteiger partial charge < -0.3 is 5.73 Å². The van der Waals surface area contributed by atoms with Crippen molar-refractivity contribution in [2.75, 3.05) is 0 Å². The van der Waals surface area contributed by atoms with Gasteiger partial charge in [-0.25, -0.2) is 4.39 Å². The third-order valence-electron chi connectivity index (χ3n) is 3.50. The molecule has 2 atom stereocenters. The van der Waals surface area contributed by atoms with Crippen LogP contribution in [0.1, 0.15) is 25.3 Å². The molecule has 0 aromatic heterocycles. The molecule has 0 bridgehead atoms. The first kappa shape index (κ1) is 11.9. The molecule has 88 valence electrons. The molecule has 2 unspecified atom stereocenters. The standard InChI is InChI=1S/C13H17ClFN/c1-8(9-2-3-9)13(16)7-10-6-11(14)4-5-12(10)15/h4-6,8-9,13H,2-3,7,16H2,1H3. The monoisotopic (exact) mass is 241 g/mol. The van der Waals surface area contributed by atoms with Gasteiger partial charge in [0.2, 0.25) is 0 Å². The van der Waals surface area contributed by atoms with E-state index in [1.54, 1.807) is 12.1 Å². The highest BCUT2D eigenvalue weighted by atomic mass is 35.5. The van der Waals surface area contributed by atoms with Crippen LogP contribution in [0.5, 0.6) is 0 Å². The Kier molecular flexibility index (Phi) is 3.50. The number of nitrogens with two attached hydrogens (primary N) is 1. The molecule has 0 heterocycles. The third kappa shape index (κ3) is 2.74. The summed E-state index contributed by atoms with van der Waals surface area (Å²) < 4.78 is 13.5. The van der Waals surface area contributed by atoms with Gasteiger partial charge in [0.25, 0.3) is 0 Å². The molecule has 1 aromatic carbocycles. The Morgan fingerprint density at radius 2 is 2.19 bits per heavy atom. The van der Waals surface area contributed by atoms with E-state index in [1.165, 1.54) is 18.9 Å². The number of hydrogen-bond acceptors (Lipinski definition) is 1. The largest absolute Gasteiger partial charge is 0.327 e. The molecule has 1 aliphatic carbocycles. The van der Waals surface area contributed by atoms with Crippen LogP contribution in [0, 0.1) is 17.7 Å². The topological polar surface area (TPSA) is 26.0 Å². The highest BCUT2D eigenvalue weighted by Gasteiger charge is 2.31. The molecule has 0 radical (unpaired) electrons. The summed E-state index contributed by atoms with van der Waals surface area (Å²) in [6.45, 7) is 2.16. The van der Waals surface area contributed by atoms with Gasteiger partial charge in [0.15, 0.2) is 0 Å². The molecule has 1 saturated carbocycles. The first-order valence-corrected chi connectivity index (χ1v) is 6.15. The van der Waals surface area contributed by atoms with E-state index in [1.807, 2.05) is 0 Å². The van der Waals surface area contributed by atoms with Crippen molar-refractivity contribution in [2.24, 2.45) is 17.6 Å². The van der Waals surface area contributed by atoms with Gasteiger partial charge in [-0.1, -0.05) is 18.5 Å². The first-order valence-electron chi connectivity index (χ1n) is 5.77. The van der Waals surface area contributed by atoms with Crippen LogP contribution >= 0.6 is 11.6 Å². The van der Waals surface area contributed by atoms with Crippen molar-refractivity contribution in [1.29, 1.82) is 0 Å². The van der Waals surface area contributed by atoms with Crippen molar-refractivity contribution in [3.05, 3.63) is 34.6 Å². The summed E-state index contributed by atoms with van der Waals surface area (Å²) in [6.07, 6.45) is 3.11. The summed E-state index contributed by atoms with van der Waals surface area (Å²) in [4.78, 5) is 0. The molecule has 2 rings (SSSR count). The smallest absolute Gasteiger partial charge is 0.126 e. The molecule has 1 fully saturated rings. The van der Waals surface area contributed by atoms with E-state index in [2.05, 4.69) is 6.92 Å². The molecule has 0 aliphatic heterocycles. The SMILES string of the molecule is CC(C(N)Cc1cc(Cl)ccc1F)C1CC1. The lowest BCUT2D eigenvalue weighted by atomic mass is 9.92. The Morgan fingerprint density at radius 3 is 2.81 bits per heavy atom. The van der Waals surface area contributed by atoms with Gasteiger partial charge in [0.05, 0.1) is 0 Å². The summed E-state index contributed by atoms with van der Waals surface area (Å²) in [5.74, 6) is 1.01. The van der Waals surface area contributed by atoms with E-state index < -0.39 is 0 Å². The zero-order valence-corrected chi connectivity index (χ0v) is 10.2. The lowest BCUT2D eigenvalue weighted by Gasteiger charge is -2.19. The normalized spacial score (nSPS) is 19.5. The zero-order chi connectivity index (χ0) is 11.7. The molecule has 16 heavy (non-hydrogen) atoms. The molecule has 3 heteroatoms. The Hall–Kier alpha value is -0.600. The van der Waals surface area contributed by atoms with Gasteiger partial charge in [-0.05, 0) is 54.9 Å². The third-order valence-corrected chi connectivity index (χ3v) is 3.74. The van der Waals surface area contributed by atoms with E-state index in [4.69, 9.17) is 17.3 Å². The fourth-order valence-electron chi connectivity index (χ4n) is 2.11. The first-order chi connectivity index (χ1) is 7.58. The Bertz CT molecular complexity index is 376. The minimum atomic E-state index is -0.206. The Balaban J connectivity index is 2.04. The zero-order valence-electron chi connectivity index (χ0n) is 9.42. The van der Waals surface area contributed by atoms with Crippen LogP contribution in [0.25, 0.3) is 0 Å². The van der Waals surface area contributed by atoms with Crippen LogP contribution in [0.15, 0.2) is 18.2 Å². The van der Waals surface area contributed by atoms with E-state index in [0.29, 0.717) is 22.9 Å². The van der Waals surface area contributed by atoms with Gasteiger partial charge in [0.1, 0.15) is 5.82 Å². The average molecular weight is 242 g/mol. The van der Waals surface area contributed by atoms with Crippen molar-refractivity contribution in [3.8, 4) is 0 Å². The maximum atomic E-state index is 13.5. The molecule has 1 aromatic rings. The Morgan fingerprint density at radius 1 is 1.50 bits per heavy atom. The van der Waals surface area contributed by atoms with E-state index in [9.17, 15) is 4.39 Å². The van der Waals surface area contributed by atoms with Gasteiger partial charge in [-0.3, -0.25) is 0 Å². The van der Waals surface area contributed by atoms with Crippen LogP contribution < -0.4 is 5.73 Å². The number of benzene rings is 1. The fourth-order valence-corrected chi connectivity index (χ4v) is 2.31. The fraction of sp³-hybridized carbons (Fsp3) is 0.538. The van der Waals surface area contributed by atoms with Crippen LogP contribution in [0.3, 0.4) is 0 Å². The van der Waals surface area contributed by atoms with Crippen molar-refractivity contribution in [3.63, 3.8) is 0 Å². The van der Waals surface area contributed by atoms with Crippen LogP contribution in [0.2, 0.25) is 5.02 Å². The summed E-state index contributed by atoms with van der Waals surface area (Å²) in [5, 5.41) is 0.572. The molecule has 0 spiro atoms. The predicted molar refractivity (Wildman–Crippen MR) is 65.0 cm³/mol. The molecule has 0 amide bonds. The van der Waals surface area contributed by atoms with E-state index in [-0.39, 0.29) is 11.9 Å². The second-order valence-corrected chi connectivity index (χ2v) is 5.24. The highest BCUT2D eigenvalue weighted by Crippen LogP contribution is 2.38. The van der Waals surface area contributed by atoms with Crippen molar-refractivity contribution < 1.29 is 4.39 Å². The number of rotatable bonds is 4. The minimum Gasteiger partial charge on any atom is -0.327 e. The Labute approximate surface area is 101 Å². The second kappa shape index (κ2) is 4.72. The molecule has 2 N–H and O–H groups in total. The van der Waals surface area contributed by atoms with Gasteiger partial charge >= 0.3 is 0 Å². The predicted octanol–water partition coefficient (Wildman–Crippen LogP) is 3.40. The van der Waals surface area contributed by atoms with Crippen molar-refractivity contribution in [1.82, 2.24) is 0 Å². The van der Waals surface area contributed by atoms with Crippen LogP contribution in [0.4, 0.5) is 4.39 Å². The average Bonchev–Trinajstić information content (AvgIpc) is 3.06. The van der Waals surface area contributed by atoms with Gasteiger partial charge in [-0.2, -0.15) is 0 Å². The number of hydrogen-bond donors (Lipinski definition) is 1. The molecular formula is C13H17ClFN. The van der Waals surface area contributed by atoms with E-state index in [0.717, 1.165) is 5.92 Å². The van der Waals surface area contributed by atoms with Gasteiger partial charge in [0, 0.05) is 11.1 Å². The molecule has 1 aliphatic rings. The summed E-state index contributed by atoms with van der Waals surface area (Å²) in [5.41, 5.74) is 6.73. The maximum Gasteiger partial charge on any atom is 0.126 e. The minimum absolute atomic E-state index is 0.0282. The lowest BCUT2D eigenvalue weighted by Crippen LogP contribution is -2.32. The van der Waals surface area contributed by atoms with E-state index >= 15 is 0 Å². The van der Waals surface area contributed by atoms with Crippen LogP contribution in [-0.4, -0.2) is 6.04 Å². The molecule has 0 saturated heterocycles. The molecular weight excluding hydrogens is 225 g/mol. The van der Waals surface area contributed by atoms with Crippen molar-refractivity contribution in [2.45, 2.75) is 32.2 Å². The van der Waals surface area contributed by atoms with Crippen molar-refractivity contribution >= 4 is 11.6 Å². The summed E-state index contributed by atoms with van der Waals surface area (Å²) in [6, 6.07) is 4.68. The maximum absolute atomic E-state index is 13.5. The lowest BCUT2D eigenvalue weighted by molar-refractivity contribution is 0.400. The van der Waals surface area contributed by atoms with Gasteiger partial charge in [-0.15, -0.1) is 0 Å². The second-order valence-electron chi connectivity index (χ2n) is 4.80. The number of halogens is 2.